The first-order valence-corrected chi connectivity index (χ1v) is 9.48. The lowest BCUT2D eigenvalue weighted by Gasteiger charge is -2.21. The topological polar surface area (TPSA) is 9.23 Å². The molecule has 0 saturated carbocycles. The van der Waals surface area contributed by atoms with Crippen LogP contribution in [0.4, 0.5) is 0 Å². The molecule has 1 rings (SSSR count). The number of hydrogen-bond acceptors (Lipinski definition) is 1. The van der Waals surface area contributed by atoms with Crippen LogP contribution in [0.25, 0.3) is 0 Å². The van der Waals surface area contributed by atoms with Crippen molar-refractivity contribution in [3.8, 4) is 17.2 Å². The van der Waals surface area contributed by atoms with Crippen LogP contribution in [0.2, 0.25) is 19.6 Å². The predicted octanol–water partition coefficient (Wildman–Crippen LogP) is 4.09. The van der Waals surface area contributed by atoms with Crippen LogP contribution < -0.4 is 4.74 Å². The van der Waals surface area contributed by atoms with Crippen molar-refractivity contribution in [2.75, 3.05) is 0 Å². The molecule has 0 aliphatic carbocycles. The molecule has 0 bridgehead atoms. The molecule has 0 aromatic heterocycles. The van der Waals surface area contributed by atoms with E-state index in [4.69, 9.17) is 4.74 Å². The monoisotopic (exact) mass is 246 g/mol. The van der Waals surface area contributed by atoms with Gasteiger partial charge in [-0.05, 0) is 45.0 Å². The number of hydrogen-bond donors (Lipinski definition) is 0. The van der Waals surface area contributed by atoms with E-state index in [-0.39, 0.29) is 5.60 Å². The molecular formula is C15H22OSi. The minimum atomic E-state index is -1.28. The van der Waals surface area contributed by atoms with Crippen LogP contribution in [-0.4, -0.2) is 13.7 Å². The SMILES string of the molecule is CC(C)(C)Oc1ccc(C#C[Si](C)(C)C)cc1. The molecule has 0 unspecified atom stereocenters. The highest BCUT2D eigenvalue weighted by Crippen LogP contribution is 2.18. The van der Waals surface area contributed by atoms with Crippen LogP contribution >= 0.6 is 0 Å². The summed E-state index contributed by atoms with van der Waals surface area (Å²) in [5, 5.41) is 0. The first-order valence-electron chi connectivity index (χ1n) is 5.98. The smallest absolute Gasteiger partial charge is 0.129 e. The van der Waals surface area contributed by atoms with Crippen molar-refractivity contribution in [3.63, 3.8) is 0 Å². The molecule has 0 spiro atoms. The zero-order chi connectivity index (χ0) is 13.1. The predicted molar refractivity (Wildman–Crippen MR) is 77.0 cm³/mol. The molecule has 17 heavy (non-hydrogen) atoms. The third kappa shape index (κ3) is 6.18. The maximum absolute atomic E-state index is 5.76. The van der Waals surface area contributed by atoms with E-state index in [9.17, 15) is 0 Å². The average Bonchev–Trinajstić information content (AvgIpc) is 2.13. The highest BCUT2D eigenvalue weighted by molar-refractivity contribution is 6.83. The van der Waals surface area contributed by atoms with E-state index in [2.05, 4.69) is 31.1 Å². The Hall–Kier alpha value is -1.20. The minimum absolute atomic E-state index is 0.147. The first-order chi connectivity index (χ1) is 7.66. The van der Waals surface area contributed by atoms with Gasteiger partial charge in [-0.1, -0.05) is 25.6 Å². The van der Waals surface area contributed by atoms with Crippen molar-refractivity contribution < 1.29 is 4.74 Å². The van der Waals surface area contributed by atoms with Crippen molar-refractivity contribution in [1.82, 2.24) is 0 Å². The average molecular weight is 246 g/mol. The largest absolute Gasteiger partial charge is 0.488 e. The Morgan fingerprint density at radius 2 is 1.53 bits per heavy atom. The van der Waals surface area contributed by atoms with E-state index in [1.807, 2.05) is 45.0 Å². The summed E-state index contributed by atoms with van der Waals surface area (Å²) in [6.45, 7) is 12.9. The first kappa shape index (κ1) is 13.9. The van der Waals surface area contributed by atoms with Crippen LogP contribution in [0.5, 0.6) is 5.75 Å². The van der Waals surface area contributed by atoms with Gasteiger partial charge in [0.2, 0.25) is 0 Å². The van der Waals surface area contributed by atoms with Crippen molar-refractivity contribution >= 4 is 8.07 Å². The Labute approximate surface area is 106 Å². The molecule has 1 aromatic carbocycles. The summed E-state index contributed by atoms with van der Waals surface area (Å²) < 4.78 is 5.76. The third-order valence-corrected chi connectivity index (χ3v) is 2.74. The molecule has 0 radical (unpaired) electrons. The van der Waals surface area contributed by atoms with Crippen molar-refractivity contribution in [3.05, 3.63) is 29.8 Å². The molecular weight excluding hydrogens is 224 g/mol. The molecule has 0 fully saturated rings. The van der Waals surface area contributed by atoms with Gasteiger partial charge < -0.3 is 4.74 Å². The maximum Gasteiger partial charge on any atom is 0.129 e. The molecule has 2 heteroatoms. The van der Waals surface area contributed by atoms with Crippen LogP contribution in [-0.2, 0) is 0 Å². The van der Waals surface area contributed by atoms with Gasteiger partial charge in [0.1, 0.15) is 19.4 Å². The van der Waals surface area contributed by atoms with Crippen LogP contribution in [0.3, 0.4) is 0 Å². The molecule has 1 aromatic rings. The van der Waals surface area contributed by atoms with Crippen molar-refractivity contribution in [1.29, 1.82) is 0 Å². The second-order valence-electron chi connectivity index (χ2n) is 6.24. The number of rotatable bonds is 1. The Balaban J connectivity index is 2.78. The fourth-order valence-electron chi connectivity index (χ4n) is 1.22. The fraction of sp³-hybridized carbons (Fsp3) is 0.467. The summed E-state index contributed by atoms with van der Waals surface area (Å²) in [4.78, 5) is 0. The minimum Gasteiger partial charge on any atom is -0.488 e. The van der Waals surface area contributed by atoms with E-state index in [1.54, 1.807) is 0 Å². The molecule has 0 heterocycles. The van der Waals surface area contributed by atoms with E-state index in [0.29, 0.717) is 0 Å². The highest BCUT2D eigenvalue weighted by Gasteiger charge is 2.11. The van der Waals surface area contributed by atoms with Gasteiger partial charge in [-0.15, -0.1) is 5.54 Å². The molecule has 1 nitrogen and oxygen atoms in total. The second-order valence-corrected chi connectivity index (χ2v) is 11.0. The molecule has 0 aliphatic heterocycles. The zero-order valence-corrected chi connectivity index (χ0v) is 12.7. The second kappa shape index (κ2) is 4.97. The van der Waals surface area contributed by atoms with E-state index in [0.717, 1.165) is 11.3 Å². The molecule has 0 aliphatic rings. The molecule has 0 atom stereocenters. The van der Waals surface area contributed by atoms with Gasteiger partial charge in [-0.25, -0.2) is 0 Å². The van der Waals surface area contributed by atoms with E-state index >= 15 is 0 Å². The van der Waals surface area contributed by atoms with Crippen molar-refractivity contribution in [2.24, 2.45) is 0 Å². The van der Waals surface area contributed by atoms with Crippen molar-refractivity contribution in [2.45, 2.75) is 46.0 Å². The van der Waals surface area contributed by atoms with Crippen LogP contribution in [0.15, 0.2) is 24.3 Å². The fourth-order valence-corrected chi connectivity index (χ4v) is 1.74. The number of benzene rings is 1. The summed E-state index contributed by atoms with van der Waals surface area (Å²) in [6.07, 6.45) is 0. The van der Waals surface area contributed by atoms with Gasteiger partial charge in [0.25, 0.3) is 0 Å². The Morgan fingerprint density at radius 1 is 1.00 bits per heavy atom. The van der Waals surface area contributed by atoms with Gasteiger partial charge in [0.05, 0.1) is 0 Å². The summed E-state index contributed by atoms with van der Waals surface area (Å²) in [7, 11) is -1.28. The Kier molecular flexibility index (Phi) is 4.06. The normalized spacial score (nSPS) is 11.6. The Bertz CT molecular complexity index is 421. The van der Waals surface area contributed by atoms with E-state index < -0.39 is 8.07 Å². The summed E-state index contributed by atoms with van der Waals surface area (Å²) >= 11 is 0. The maximum atomic E-state index is 5.76. The van der Waals surface area contributed by atoms with Crippen LogP contribution in [0, 0.1) is 11.5 Å². The summed E-state index contributed by atoms with van der Waals surface area (Å²) in [6, 6.07) is 8.02. The van der Waals surface area contributed by atoms with Crippen LogP contribution in [0.1, 0.15) is 26.3 Å². The molecule has 0 amide bonds. The lowest BCUT2D eigenvalue weighted by molar-refractivity contribution is 0.131. The quantitative estimate of drug-likeness (QED) is 0.535. The highest BCUT2D eigenvalue weighted by atomic mass is 28.3. The molecule has 0 saturated heterocycles. The van der Waals surface area contributed by atoms with Gasteiger partial charge in [0, 0.05) is 5.56 Å². The third-order valence-electron chi connectivity index (χ3n) is 1.86. The molecule has 0 N–H and O–H groups in total. The lowest BCUT2D eigenvalue weighted by Crippen LogP contribution is -2.22. The van der Waals surface area contributed by atoms with Gasteiger partial charge in [-0.3, -0.25) is 0 Å². The van der Waals surface area contributed by atoms with Gasteiger partial charge in [-0.2, -0.15) is 0 Å². The summed E-state index contributed by atoms with van der Waals surface area (Å²) in [5.41, 5.74) is 4.27. The molecule has 92 valence electrons. The van der Waals surface area contributed by atoms with Gasteiger partial charge in [0.15, 0.2) is 0 Å². The van der Waals surface area contributed by atoms with Gasteiger partial charge >= 0.3 is 0 Å². The lowest BCUT2D eigenvalue weighted by atomic mass is 10.2. The standard InChI is InChI=1S/C15H22OSi/c1-15(2,3)16-14-9-7-13(8-10-14)11-12-17(4,5)6/h7-10H,1-6H3. The summed E-state index contributed by atoms with van der Waals surface area (Å²) in [5.74, 6) is 4.13. The Morgan fingerprint density at radius 3 is 1.94 bits per heavy atom. The zero-order valence-electron chi connectivity index (χ0n) is 11.7. The van der Waals surface area contributed by atoms with E-state index in [1.165, 1.54) is 0 Å². The number of ether oxygens (including phenoxy) is 1.